The van der Waals surface area contributed by atoms with E-state index < -0.39 is 17.4 Å². The molecule has 5 fully saturated rings. The number of unbranched alkanes of at least 4 members (excludes halogenated alkanes) is 1. The van der Waals surface area contributed by atoms with Gasteiger partial charge in [0.2, 0.25) is 5.91 Å². The number of imidazole rings is 1. The maximum absolute atomic E-state index is 15.4. The van der Waals surface area contributed by atoms with Crippen molar-refractivity contribution in [3.05, 3.63) is 48.7 Å². The number of hydrogen-bond acceptors (Lipinski definition) is 6. The molecule has 2 N–H and O–H groups in total. The van der Waals surface area contributed by atoms with Gasteiger partial charge >= 0.3 is 11.9 Å². The number of H-pyrrole nitrogens is 1. The number of carbonyl (C=O) groups is 3. The van der Waals surface area contributed by atoms with Crippen LogP contribution in [0.25, 0.3) is 11.3 Å². The summed E-state index contributed by atoms with van der Waals surface area (Å²) in [5.41, 5.74) is 1.67. The smallest absolute Gasteiger partial charge is 0.309 e. The summed E-state index contributed by atoms with van der Waals surface area (Å²) in [5, 5.41) is 9.70. The zero-order valence-corrected chi connectivity index (χ0v) is 36.9. The molecule has 4 aliphatic carbocycles. The van der Waals surface area contributed by atoms with Crippen LogP contribution >= 0.6 is 0 Å². The highest BCUT2D eigenvalue weighted by Crippen LogP contribution is 2.74. The summed E-state index contributed by atoms with van der Waals surface area (Å²) in [7, 11) is 0. The number of aromatic amines is 1. The molecule has 0 radical (unpaired) electrons. The molecule has 7 rings (SSSR count). The molecule has 3 heterocycles. The number of pyridine rings is 1. The second kappa shape index (κ2) is 15.8. The van der Waals surface area contributed by atoms with Crippen molar-refractivity contribution >= 4 is 17.8 Å². The Balaban J connectivity index is 1.12. The van der Waals surface area contributed by atoms with Crippen LogP contribution in [0, 0.1) is 56.7 Å². The van der Waals surface area contributed by atoms with E-state index in [-0.39, 0.29) is 40.2 Å². The van der Waals surface area contributed by atoms with Gasteiger partial charge in [0, 0.05) is 29.9 Å². The third-order valence-electron chi connectivity index (χ3n) is 17.5. The maximum atomic E-state index is 15.4. The molecule has 5 aliphatic rings. The van der Waals surface area contributed by atoms with Gasteiger partial charge in [-0.1, -0.05) is 59.6 Å². The van der Waals surface area contributed by atoms with E-state index >= 15 is 4.79 Å². The fraction of sp³-hybridized carbons (Fsp3) is 0.735. The van der Waals surface area contributed by atoms with Crippen LogP contribution in [0.15, 0.2) is 42.9 Å². The van der Waals surface area contributed by atoms with Gasteiger partial charge in [-0.15, -0.1) is 0 Å². The van der Waals surface area contributed by atoms with E-state index in [1.165, 1.54) is 5.57 Å². The minimum absolute atomic E-state index is 0.0406. The SMILES string of the molecule is C=C(C)[C@@H]1CC[C@]2(C(=O)N3CCCC3c3ncc(-c4cccnc4)[nH]3)CC[C@]3(C)[C@H](CC[C@@H]4C[C@H](C(C)(C)[C@H](CCCC)OC(=O)CC(C)(C)C(=O)O)CC[C@]43C)[C@@H]12. The van der Waals surface area contributed by atoms with Crippen molar-refractivity contribution in [1.29, 1.82) is 0 Å². The number of rotatable bonds is 13. The predicted molar refractivity (Wildman–Crippen MR) is 227 cm³/mol. The van der Waals surface area contributed by atoms with Crippen molar-refractivity contribution in [3.8, 4) is 11.3 Å². The van der Waals surface area contributed by atoms with Gasteiger partial charge in [0.1, 0.15) is 11.9 Å². The first kappa shape index (κ1) is 42.6. The fourth-order valence-corrected chi connectivity index (χ4v) is 13.6. The summed E-state index contributed by atoms with van der Waals surface area (Å²) < 4.78 is 6.28. The Morgan fingerprint density at radius 2 is 1.81 bits per heavy atom. The molecule has 2 aromatic heterocycles. The number of carboxylic acid groups (broad SMARTS) is 1. The lowest BCUT2D eigenvalue weighted by Gasteiger charge is -2.68. The minimum atomic E-state index is -1.16. The number of nitrogens with one attached hydrogen (secondary N) is 1. The molecule has 1 amide bonds. The van der Waals surface area contributed by atoms with Crippen LogP contribution in [0.4, 0.5) is 0 Å². The number of carbonyl (C=O) groups excluding carboxylic acids is 2. The Hall–Kier alpha value is -3.49. The summed E-state index contributed by atoms with van der Waals surface area (Å²) in [5.74, 6) is 1.93. The summed E-state index contributed by atoms with van der Waals surface area (Å²) in [6.07, 6.45) is 19.5. The Kier molecular flexibility index (Phi) is 11.6. The topological polar surface area (TPSA) is 125 Å². The van der Waals surface area contributed by atoms with Crippen LogP contribution in [0.5, 0.6) is 0 Å². The Labute approximate surface area is 348 Å². The standard InChI is InChI=1S/C49H72N4O5/c1-10-11-16-39(58-40(54)28-45(4,5)44(56)57)46(6,7)33-19-21-47(8)34(27-33)17-18-36-41-35(31(2)3)20-22-49(41,24-23-48(36,47)9)43(55)53-26-13-15-38(53)42-51-30-37(52-42)32-14-12-25-50-29-32/h12,14,25,29-30,33-36,38-39,41H,2,10-11,13,15-24,26-28H2,1,3-9H3,(H,51,52)(H,56,57)/t33-,34-,35+,36-,38?,39+,41-,47-,48-,49+/m1/s1. The number of fused-ring (bicyclic) bond motifs is 5. The molecule has 2 aromatic rings. The maximum Gasteiger partial charge on any atom is 0.309 e. The molecule has 4 saturated carbocycles. The Bertz CT molecular complexity index is 1850. The lowest BCUT2D eigenvalue weighted by molar-refractivity contribution is -0.199. The van der Waals surface area contributed by atoms with Crippen LogP contribution in [-0.2, 0) is 19.1 Å². The number of amides is 1. The molecule has 0 bridgehead atoms. The molecule has 318 valence electrons. The van der Waals surface area contributed by atoms with E-state index in [9.17, 15) is 14.7 Å². The highest BCUT2D eigenvalue weighted by molar-refractivity contribution is 5.85. The first-order chi connectivity index (χ1) is 27.4. The van der Waals surface area contributed by atoms with Crippen molar-refractivity contribution in [3.63, 3.8) is 0 Å². The van der Waals surface area contributed by atoms with Crippen LogP contribution in [0.1, 0.15) is 164 Å². The van der Waals surface area contributed by atoms with Gasteiger partial charge in [-0.3, -0.25) is 19.4 Å². The van der Waals surface area contributed by atoms with Gasteiger partial charge in [0.05, 0.1) is 35.2 Å². The normalized spacial score (nSPS) is 34.1. The number of esters is 1. The summed E-state index contributed by atoms with van der Waals surface area (Å²) >= 11 is 0. The third kappa shape index (κ3) is 7.16. The monoisotopic (exact) mass is 797 g/mol. The zero-order chi connectivity index (χ0) is 41.8. The van der Waals surface area contributed by atoms with E-state index in [0.29, 0.717) is 35.5 Å². The minimum Gasteiger partial charge on any atom is -0.481 e. The van der Waals surface area contributed by atoms with Crippen molar-refractivity contribution < 1.29 is 24.2 Å². The summed E-state index contributed by atoms with van der Waals surface area (Å²) in [6, 6.07) is 3.94. The van der Waals surface area contributed by atoms with Gasteiger partial charge in [0.15, 0.2) is 0 Å². The van der Waals surface area contributed by atoms with Crippen molar-refractivity contribution in [1.82, 2.24) is 19.9 Å². The van der Waals surface area contributed by atoms with E-state index in [4.69, 9.17) is 9.72 Å². The van der Waals surface area contributed by atoms with Crippen molar-refractivity contribution in [2.45, 2.75) is 164 Å². The quantitative estimate of drug-likeness (QED) is 0.153. The van der Waals surface area contributed by atoms with Crippen LogP contribution < -0.4 is 0 Å². The first-order valence-corrected chi connectivity index (χ1v) is 22.7. The number of likely N-dealkylation sites (tertiary alicyclic amines) is 1. The van der Waals surface area contributed by atoms with E-state index in [1.807, 2.05) is 24.5 Å². The van der Waals surface area contributed by atoms with E-state index in [2.05, 4.69) is 63.0 Å². The van der Waals surface area contributed by atoms with Gasteiger partial charge in [-0.05, 0) is 150 Å². The molecular formula is C49H72N4O5. The van der Waals surface area contributed by atoms with Gasteiger partial charge in [-0.2, -0.15) is 0 Å². The second-order valence-corrected chi connectivity index (χ2v) is 21.2. The van der Waals surface area contributed by atoms with E-state index in [1.54, 1.807) is 20.0 Å². The lowest BCUT2D eigenvalue weighted by Crippen LogP contribution is -2.63. The number of nitrogens with zero attached hydrogens (tertiary/aromatic N) is 3. The highest BCUT2D eigenvalue weighted by atomic mass is 16.5. The molecule has 0 aromatic carbocycles. The largest absolute Gasteiger partial charge is 0.481 e. The predicted octanol–water partition coefficient (Wildman–Crippen LogP) is 11.0. The van der Waals surface area contributed by atoms with Gasteiger partial charge in [-0.25, -0.2) is 4.98 Å². The molecular weight excluding hydrogens is 725 g/mol. The third-order valence-corrected chi connectivity index (χ3v) is 17.5. The van der Waals surface area contributed by atoms with E-state index in [0.717, 1.165) is 114 Å². The second-order valence-electron chi connectivity index (χ2n) is 21.2. The van der Waals surface area contributed by atoms with Crippen molar-refractivity contribution in [2.24, 2.45) is 56.7 Å². The summed E-state index contributed by atoms with van der Waals surface area (Å²) in [4.78, 5) is 55.5. The summed E-state index contributed by atoms with van der Waals surface area (Å²) in [6.45, 7) is 22.7. The molecule has 1 saturated heterocycles. The van der Waals surface area contributed by atoms with Crippen LogP contribution in [0.3, 0.4) is 0 Å². The highest BCUT2D eigenvalue weighted by Gasteiger charge is 2.69. The van der Waals surface area contributed by atoms with Crippen LogP contribution in [-0.4, -0.2) is 55.5 Å². The first-order valence-electron chi connectivity index (χ1n) is 22.7. The molecule has 1 aliphatic heterocycles. The van der Waals surface area contributed by atoms with Crippen LogP contribution in [0.2, 0.25) is 0 Å². The molecule has 0 spiro atoms. The van der Waals surface area contributed by atoms with Gasteiger partial charge < -0.3 is 19.7 Å². The average Bonchev–Trinajstić information content (AvgIpc) is 3.96. The molecule has 9 heteroatoms. The number of carboxylic acids is 1. The molecule has 58 heavy (non-hydrogen) atoms. The number of hydrogen-bond donors (Lipinski definition) is 2. The Morgan fingerprint density at radius 3 is 2.50 bits per heavy atom. The molecule has 9 nitrogen and oxygen atoms in total. The number of aliphatic carboxylic acids is 1. The average molecular weight is 797 g/mol. The van der Waals surface area contributed by atoms with Gasteiger partial charge in [0.25, 0.3) is 0 Å². The lowest BCUT2D eigenvalue weighted by atomic mass is 9.37. The molecule has 10 atom stereocenters. The number of aromatic nitrogens is 3. The zero-order valence-electron chi connectivity index (χ0n) is 36.9. The van der Waals surface area contributed by atoms with Crippen molar-refractivity contribution in [2.75, 3.05) is 6.54 Å². The number of allylic oxidation sites excluding steroid dienone is 1. The molecule has 1 unspecified atom stereocenters. The fourth-order valence-electron chi connectivity index (χ4n) is 13.6. The number of ether oxygens (including phenoxy) is 1. The Morgan fingerprint density at radius 1 is 1.03 bits per heavy atom.